The highest BCUT2D eigenvalue weighted by Gasteiger charge is 2.43. The van der Waals surface area contributed by atoms with Crippen LogP contribution in [0.5, 0.6) is 0 Å². The van der Waals surface area contributed by atoms with E-state index >= 15 is 0 Å². The Bertz CT molecular complexity index is 568. The van der Waals surface area contributed by atoms with Crippen LogP contribution >= 0.6 is 0 Å². The van der Waals surface area contributed by atoms with Gasteiger partial charge in [0.25, 0.3) is 0 Å². The molecule has 0 N–H and O–H groups in total. The molecular weight excluding hydrogens is 295 g/mol. The van der Waals surface area contributed by atoms with Crippen LogP contribution in [0.25, 0.3) is 0 Å². The highest BCUT2D eigenvalue weighted by molar-refractivity contribution is 5.78. The van der Waals surface area contributed by atoms with Crippen LogP contribution in [-0.4, -0.2) is 61.1 Å². The van der Waals surface area contributed by atoms with E-state index in [1.54, 1.807) is 12.1 Å². The van der Waals surface area contributed by atoms with Crippen LogP contribution in [0.1, 0.15) is 24.8 Å². The molecule has 1 unspecified atom stereocenters. The maximum Gasteiger partial charge on any atom is 0.226 e. The summed E-state index contributed by atoms with van der Waals surface area (Å²) in [7, 11) is 4.18. The van der Waals surface area contributed by atoms with Gasteiger partial charge in [-0.3, -0.25) is 4.79 Å². The lowest BCUT2D eigenvalue weighted by atomic mass is 9.87. The van der Waals surface area contributed by atoms with Crippen LogP contribution in [0.3, 0.4) is 0 Å². The number of carbonyl (C=O) groups excluding carboxylic acids is 1. The number of hydrogen-bond donors (Lipinski definition) is 0. The topological polar surface area (TPSA) is 32.8 Å². The Morgan fingerprint density at radius 1 is 1.39 bits per heavy atom. The molecule has 2 saturated heterocycles. The molecule has 2 heterocycles. The monoisotopic (exact) mass is 320 g/mol. The quantitative estimate of drug-likeness (QED) is 0.855. The minimum absolute atomic E-state index is 0.0510. The first kappa shape index (κ1) is 16.4. The van der Waals surface area contributed by atoms with Crippen molar-refractivity contribution in [2.75, 3.05) is 33.8 Å². The third-order valence-corrected chi connectivity index (χ3v) is 5.19. The van der Waals surface area contributed by atoms with Gasteiger partial charge in [0.1, 0.15) is 5.82 Å². The summed E-state index contributed by atoms with van der Waals surface area (Å²) >= 11 is 0. The number of ether oxygens (including phenoxy) is 1. The summed E-state index contributed by atoms with van der Waals surface area (Å²) in [5.41, 5.74) is 0.685. The van der Waals surface area contributed by atoms with E-state index in [2.05, 4.69) is 19.0 Å². The number of likely N-dealkylation sites (tertiary alicyclic amines) is 1. The van der Waals surface area contributed by atoms with Crippen molar-refractivity contribution >= 4 is 5.91 Å². The zero-order valence-corrected chi connectivity index (χ0v) is 13.9. The zero-order valence-electron chi connectivity index (χ0n) is 13.9. The van der Waals surface area contributed by atoms with Crippen molar-refractivity contribution in [3.05, 3.63) is 35.6 Å². The van der Waals surface area contributed by atoms with Crippen LogP contribution in [0.4, 0.5) is 4.39 Å². The average Bonchev–Trinajstić information content (AvgIpc) is 2.92. The number of amides is 1. The second kappa shape index (κ2) is 6.57. The highest BCUT2D eigenvalue weighted by Crippen LogP contribution is 2.37. The zero-order chi connectivity index (χ0) is 16.4. The third kappa shape index (κ3) is 3.72. The van der Waals surface area contributed by atoms with Gasteiger partial charge in [0.2, 0.25) is 5.91 Å². The Kier molecular flexibility index (Phi) is 4.69. The molecule has 1 aromatic rings. The predicted octanol–water partition coefficient (Wildman–Crippen LogP) is 2.08. The molecule has 23 heavy (non-hydrogen) atoms. The second-order valence-corrected chi connectivity index (χ2v) is 7.00. The molecule has 0 aliphatic carbocycles. The summed E-state index contributed by atoms with van der Waals surface area (Å²) in [6, 6.07) is 6.76. The number of hydrogen-bond acceptors (Lipinski definition) is 3. The third-order valence-electron chi connectivity index (χ3n) is 5.19. The number of piperidine rings is 1. The maximum atomic E-state index is 13.2. The molecule has 1 amide bonds. The molecule has 1 aromatic carbocycles. The van der Waals surface area contributed by atoms with E-state index in [1.165, 1.54) is 12.1 Å². The number of nitrogens with zero attached hydrogens (tertiary/aromatic N) is 2. The molecule has 4 nitrogen and oxygen atoms in total. The first-order valence-corrected chi connectivity index (χ1v) is 8.30. The predicted molar refractivity (Wildman–Crippen MR) is 86.7 cm³/mol. The lowest BCUT2D eigenvalue weighted by Gasteiger charge is -2.39. The maximum absolute atomic E-state index is 13.2. The van der Waals surface area contributed by atoms with Crippen LogP contribution in [0.2, 0.25) is 0 Å². The molecule has 2 fully saturated rings. The van der Waals surface area contributed by atoms with Crippen LogP contribution in [0.15, 0.2) is 24.3 Å². The fourth-order valence-electron chi connectivity index (χ4n) is 3.60. The van der Waals surface area contributed by atoms with Crippen LogP contribution in [0, 0.1) is 5.82 Å². The number of rotatable bonds is 3. The normalized spacial score (nSPS) is 23.7. The number of likely N-dealkylation sites (N-methyl/N-ethyl adjacent to an activating group) is 1. The van der Waals surface area contributed by atoms with E-state index in [-0.39, 0.29) is 23.7 Å². The molecular formula is C18H25FN2O2. The van der Waals surface area contributed by atoms with Crippen molar-refractivity contribution < 1.29 is 13.9 Å². The molecule has 2 aliphatic rings. The first-order valence-electron chi connectivity index (χ1n) is 8.30. The first-order chi connectivity index (χ1) is 11.0. The van der Waals surface area contributed by atoms with E-state index in [0.717, 1.165) is 44.5 Å². The van der Waals surface area contributed by atoms with Gasteiger partial charge < -0.3 is 14.5 Å². The fourth-order valence-corrected chi connectivity index (χ4v) is 3.60. The Hall–Kier alpha value is -1.46. The molecule has 2 aliphatic heterocycles. The summed E-state index contributed by atoms with van der Waals surface area (Å²) in [4.78, 5) is 16.5. The van der Waals surface area contributed by atoms with E-state index in [1.807, 2.05) is 4.90 Å². The summed E-state index contributed by atoms with van der Waals surface area (Å²) in [6.07, 6.45) is 3.11. The number of halogens is 1. The second-order valence-electron chi connectivity index (χ2n) is 7.00. The molecule has 3 rings (SSSR count). The molecule has 5 heteroatoms. The number of benzene rings is 1. The minimum atomic E-state index is -0.290. The van der Waals surface area contributed by atoms with Gasteiger partial charge in [0.05, 0.1) is 18.6 Å². The van der Waals surface area contributed by atoms with Gasteiger partial charge in [0, 0.05) is 19.1 Å². The van der Waals surface area contributed by atoms with E-state index in [0.29, 0.717) is 6.04 Å². The molecule has 126 valence electrons. The molecule has 0 aromatic heterocycles. The fraction of sp³-hybridized carbons (Fsp3) is 0.611. The smallest absolute Gasteiger partial charge is 0.226 e. The van der Waals surface area contributed by atoms with Crippen molar-refractivity contribution in [2.45, 2.75) is 37.3 Å². The summed E-state index contributed by atoms with van der Waals surface area (Å²) in [5, 5.41) is 0. The molecule has 1 spiro atoms. The number of carbonyl (C=O) groups is 1. The average molecular weight is 320 g/mol. The van der Waals surface area contributed by atoms with Gasteiger partial charge in [-0.15, -0.1) is 0 Å². The van der Waals surface area contributed by atoms with E-state index in [4.69, 9.17) is 4.74 Å². The van der Waals surface area contributed by atoms with Crippen molar-refractivity contribution in [3.8, 4) is 0 Å². The van der Waals surface area contributed by atoms with Crippen LogP contribution in [-0.2, 0) is 16.0 Å². The van der Waals surface area contributed by atoms with Gasteiger partial charge in [-0.2, -0.15) is 0 Å². The van der Waals surface area contributed by atoms with Crippen molar-refractivity contribution in [1.29, 1.82) is 0 Å². The Balaban J connectivity index is 1.54. The van der Waals surface area contributed by atoms with Gasteiger partial charge in [-0.05, 0) is 51.1 Å². The molecule has 0 bridgehead atoms. The molecule has 0 radical (unpaired) electrons. The largest absolute Gasteiger partial charge is 0.373 e. The van der Waals surface area contributed by atoms with Crippen molar-refractivity contribution in [2.24, 2.45) is 0 Å². The van der Waals surface area contributed by atoms with Gasteiger partial charge in [-0.1, -0.05) is 12.1 Å². The Morgan fingerprint density at radius 3 is 2.74 bits per heavy atom. The molecule has 0 saturated carbocycles. The lowest BCUT2D eigenvalue weighted by molar-refractivity contribution is -0.135. The SMILES string of the molecule is CN(C)C1COC2(CCN(C(=O)Cc3cccc(F)c3)CC2)C1. The lowest BCUT2D eigenvalue weighted by Crippen LogP contribution is -2.47. The van der Waals surface area contributed by atoms with Crippen molar-refractivity contribution in [3.63, 3.8) is 0 Å². The Labute approximate surface area is 137 Å². The minimum Gasteiger partial charge on any atom is -0.373 e. The summed E-state index contributed by atoms with van der Waals surface area (Å²) in [6.45, 7) is 2.24. The van der Waals surface area contributed by atoms with Crippen molar-refractivity contribution in [1.82, 2.24) is 9.80 Å². The summed E-state index contributed by atoms with van der Waals surface area (Å²) in [5.74, 6) is -0.213. The van der Waals surface area contributed by atoms with Gasteiger partial charge in [-0.25, -0.2) is 4.39 Å². The Morgan fingerprint density at radius 2 is 2.13 bits per heavy atom. The van der Waals surface area contributed by atoms with E-state index < -0.39 is 0 Å². The molecule has 1 atom stereocenters. The van der Waals surface area contributed by atoms with Crippen LogP contribution < -0.4 is 0 Å². The standard InChI is InChI=1S/C18H25FN2O2/c1-20(2)16-12-18(23-13-16)6-8-21(9-7-18)17(22)11-14-4-3-5-15(19)10-14/h3-5,10,16H,6-9,11-13H2,1-2H3. The summed E-state index contributed by atoms with van der Waals surface area (Å²) < 4.78 is 19.3. The van der Waals surface area contributed by atoms with E-state index in [9.17, 15) is 9.18 Å². The highest BCUT2D eigenvalue weighted by atomic mass is 19.1. The van der Waals surface area contributed by atoms with Gasteiger partial charge >= 0.3 is 0 Å². The van der Waals surface area contributed by atoms with Gasteiger partial charge in [0.15, 0.2) is 0 Å².